The Morgan fingerprint density at radius 3 is 2.11 bits per heavy atom. The van der Waals surface area contributed by atoms with Crippen LogP contribution in [0.4, 0.5) is 8.78 Å². The summed E-state index contributed by atoms with van der Waals surface area (Å²) in [5.41, 5.74) is 1.81. The Hall–Kier alpha value is -3.26. The highest BCUT2D eigenvalue weighted by atomic mass is 19.2. The highest BCUT2D eigenvalue weighted by molar-refractivity contribution is 5.63. The SMILES string of the molecule is CCCCCCCCOc1ccc(C#Cc2ncc(-c3ccc(CCCCC)c(F)c3F)cn2)cc1. The van der Waals surface area contributed by atoms with Crippen LogP contribution in [0.15, 0.2) is 48.8 Å². The summed E-state index contributed by atoms with van der Waals surface area (Å²) in [4.78, 5) is 8.44. The molecular formula is C31H36F2N2O. The molecule has 3 nitrogen and oxygen atoms in total. The largest absolute Gasteiger partial charge is 0.494 e. The second-order valence-electron chi connectivity index (χ2n) is 9.04. The van der Waals surface area contributed by atoms with Crippen LogP contribution in [-0.2, 0) is 6.42 Å². The summed E-state index contributed by atoms with van der Waals surface area (Å²) in [6, 6.07) is 10.9. The third kappa shape index (κ3) is 8.45. The van der Waals surface area contributed by atoms with Gasteiger partial charge >= 0.3 is 0 Å². The Labute approximate surface area is 214 Å². The van der Waals surface area contributed by atoms with Gasteiger partial charge in [-0.3, -0.25) is 0 Å². The van der Waals surface area contributed by atoms with Crippen LogP contribution in [0.5, 0.6) is 5.75 Å². The molecular weight excluding hydrogens is 454 g/mol. The molecule has 1 heterocycles. The fourth-order valence-corrected chi connectivity index (χ4v) is 3.94. The summed E-state index contributed by atoms with van der Waals surface area (Å²) < 4.78 is 34.9. The number of nitrogens with zero attached hydrogens (tertiary/aromatic N) is 2. The molecule has 190 valence electrons. The van der Waals surface area contributed by atoms with Crippen molar-refractivity contribution in [1.29, 1.82) is 0 Å². The van der Waals surface area contributed by atoms with Gasteiger partial charge in [-0.2, -0.15) is 0 Å². The molecule has 3 aromatic rings. The molecule has 0 atom stereocenters. The molecule has 1 aromatic heterocycles. The lowest BCUT2D eigenvalue weighted by Gasteiger charge is -2.08. The van der Waals surface area contributed by atoms with Gasteiger partial charge in [0, 0.05) is 29.1 Å². The van der Waals surface area contributed by atoms with E-state index in [-0.39, 0.29) is 5.56 Å². The van der Waals surface area contributed by atoms with Crippen LogP contribution in [0.1, 0.15) is 88.6 Å². The molecule has 0 unspecified atom stereocenters. The zero-order valence-corrected chi connectivity index (χ0v) is 21.5. The van der Waals surface area contributed by atoms with Crippen molar-refractivity contribution >= 4 is 0 Å². The summed E-state index contributed by atoms with van der Waals surface area (Å²) in [6.07, 6.45) is 13.8. The van der Waals surface area contributed by atoms with Crippen LogP contribution in [-0.4, -0.2) is 16.6 Å². The molecule has 0 aliphatic rings. The van der Waals surface area contributed by atoms with Gasteiger partial charge in [0.15, 0.2) is 11.6 Å². The van der Waals surface area contributed by atoms with Crippen molar-refractivity contribution in [3.05, 3.63) is 77.4 Å². The number of unbranched alkanes of at least 4 members (excludes halogenated alkanes) is 7. The van der Waals surface area contributed by atoms with Crippen LogP contribution < -0.4 is 4.74 Å². The summed E-state index contributed by atoms with van der Waals surface area (Å²) >= 11 is 0. The maximum absolute atomic E-state index is 14.7. The number of aryl methyl sites for hydroxylation is 1. The third-order valence-corrected chi connectivity index (χ3v) is 6.11. The predicted octanol–water partition coefficient (Wildman–Crippen LogP) is 8.29. The van der Waals surface area contributed by atoms with E-state index in [0.29, 0.717) is 23.4 Å². The van der Waals surface area contributed by atoms with Gasteiger partial charge in [0.05, 0.1) is 6.61 Å². The number of hydrogen-bond acceptors (Lipinski definition) is 3. The van der Waals surface area contributed by atoms with Crippen molar-refractivity contribution in [2.75, 3.05) is 6.61 Å². The first-order valence-electron chi connectivity index (χ1n) is 13.2. The molecule has 0 fully saturated rings. The highest BCUT2D eigenvalue weighted by Crippen LogP contribution is 2.26. The maximum Gasteiger partial charge on any atom is 0.205 e. The Kier molecular flexibility index (Phi) is 11.4. The zero-order valence-electron chi connectivity index (χ0n) is 21.5. The highest BCUT2D eigenvalue weighted by Gasteiger charge is 2.15. The molecule has 0 radical (unpaired) electrons. The first kappa shape index (κ1) is 27.3. The second kappa shape index (κ2) is 15.0. The molecule has 0 N–H and O–H groups in total. The number of aromatic nitrogens is 2. The Morgan fingerprint density at radius 1 is 0.722 bits per heavy atom. The normalized spacial score (nSPS) is 10.7. The van der Waals surface area contributed by atoms with Gasteiger partial charge in [0.2, 0.25) is 5.82 Å². The molecule has 2 aromatic carbocycles. The number of hydrogen-bond donors (Lipinski definition) is 0. The molecule has 3 rings (SSSR count). The average Bonchev–Trinajstić information content (AvgIpc) is 2.91. The number of rotatable bonds is 13. The van der Waals surface area contributed by atoms with Crippen molar-refractivity contribution < 1.29 is 13.5 Å². The Balaban J connectivity index is 1.54. The summed E-state index contributed by atoms with van der Waals surface area (Å²) in [5.74, 6) is 5.46. The lowest BCUT2D eigenvalue weighted by atomic mass is 10.0. The van der Waals surface area contributed by atoms with Gasteiger partial charge in [0.25, 0.3) is 0 Å². The molecule has 0 saturated heterocycles. The van der Waals surface area contributed by atoms with Crippen molar-refractivity contribution in [2.45, 2.75) is 78.1 Å². The minimum atomic E-state index is -0.856. The molecule has 0 saturated carbocycles. The standard InChI is InChI=1S/C31H36F2N2O/c1-3-5-7-8-9-11-21-36-27-17-13-24(14-18-27)15-20-29-34-22-26(23-35-29)28-19-16-25(12-10-6-4-2)30(32)31(28)33/h13-14,16-19,22-23H,3-12,21H2,1-2H3. The van der Waals surface area contributed by atoms with E-state index in [2.05, 4.69) is 35.7 Å². The van der Waals surface area contributed by atoms with Crippen LogP contribution in [0.2, 0.25) is 0 Å². The quantitative estimate of drug-likeness (QED) is 0.179. The third-order valence-electron chi connectivity index (χ3n) is 6.11. The average molecular weight is 491 g/mol. The van der Waals surface area contributed by atoms with Gasteiger partial charge in [-0.15, -0.1) is 0 Å². The van der Waals surface area contributed by atoms with Crippen molar-refractivity contribution in [2.24, 2.45) is 0 Å². The van der Waals surface area contributed by atoms with Crippen LogP contribution >= 0.6 is 0 Å². The van der Waals surface area contributed by atoms with E-state index in [1.54, 1.807) is 12.1 Å². The summed E-state index contributed by atoms with van der Waals surface area (Å²) in [6.45, 7) is 5.03. The molecule has 0 aliphatic heterocycles. The number of ether oxygens (including phenoxy) is 1. The van der Waals surface area contributed by atoms with Crippen LogP contribution in [0.3, 0.4) is 0 Å². The van der Waals surface area contributed by atoms with E-state index in [9.17, 15) is 8.78 Å². The van der Waals surface area contributed by atoms with E-state index in [1.807, 2.05) is 24.3 Å². The molecule has 0 spiro atoms. The van der Waals surface area contributed by atoms with Gasteiger partial charge in [0.1, 0.15) is 5.75 Å². The minimum absolute atomic E-state index is 0.155. The van der Waals surface area contributed by atoms with Crippen LogP contribution in [0.25, 0.3) is 11.1 Å². The van der Waals surface area contributed by atoms with E-state index < -0.39 is 11.6 Å². The fraction of sp³-hybridized carbons (Fsp3) is 0.419. The molecule has 36 heavy (non-hydrogen) atoms. The van der Waals surface area contributed by atoms with Crippen molar-refractivity contribution in [3.8, 4) is 28.7 Å². The topological polar surface area (TPSA) is 35.0 Å². The van der Waals surface area contributed by atoms with E-state index in [0.717, 1.165) is 43.6 Å². The number of halogens is 2. The molecule has 0 bridgehead atoms. The van der Waals surface area contributed by atoms with Crippen LogP contribution in [0, 0.1) is 23.5 Å². The lowest BCUT2D eigenvalue weighted by Crippen LogP contribution is -1.99. The number of benzene rings is 2. The fourth-order valence-electron chi connectivity index (χ4n) is 3.94. The minimum Gasteiger partial charge on any atom is -0.494 e. The van der Waals surface area contributed by atoms with Crippen molar-refractivity contribution in [1.82, 2.24) is 9.97 Å². The zero-order chi connectivity index (χ0) is 25.6. The predicted molar refractivity (Wildman–Crippen MR) is 142 cm³/mol. The maximum atomic E-state index is 14.7. The molecule has 5 heteroatoms. The van der Waals surface area contributed by atoms with E-state index >= 15 is 0 Å². The first-order chi connectivity index (χ1) is 17.6. The van der Waals surface area contributed by atoms with Gasteiger partial charge in [-0.05, 0) is 55.0 Å². The van der Waals surface area contributed by atoms with Gasteiger partial charge < -0.3 is 4.74 Å². The monoisotopic (exact) mass is 490 g/mol. The second-order valence-corrected chi connectivity index (χ2v) is 9.04. The Bertz CT molecular complexity index is 1130. The Morgan fingerprint density at radius 2 is 1.39 bits per heavy atom. The smallest absolute Gasteiger partial charge is 0.205 e. The summed E-state index contributed by atoms with van der Waals surface area (Å²) in [5, 5.41) is 0. The molecule has 0 aliphatic carbocycles. The van der Waals surface area contributed by atoms with Gasteiger partial charge in [-0.25, -0.2) is 18.7 Å². The van der Waals surface area contributed by atoms with Gasteiger partial charge in [-0.1, -0.05) is 76.8 Å². The van der Waals surface area contributed by atoms with E-state index in [1.165, 1.54) is 44.5 Å². The molecule has 0 amide bonds. The van der Waals surface area contributed by atoms with Crippen molar-refractivity contribution in [3.63, 3.8) is 0 Å². The summed E-state index contributed by atoms with van der Waals surface area (Å²) in [7, 11) is 0. The first-order valence-corrected chi connectivity index (χ1v) is 13.2. The van der Waals surface area contributed by atoms with E-state index in [4.69, 9.17) is 4.74 Å². The lowest BCUT2D eigenvalue weighted by molar-refractivity contribution is 0.304.